The highest BCUT2D eigenvalue weighted by Gasteiger charge is 2.02. The Kier molecular flexibility index (Phi) is 4.07. The lowest BCUT2D eigenvalue weighted by molar-refractivity contribution is 0.672. The molecule has 1 atom stereocenters. The Morgan fingerprint density at radius 3 is 2.29 bits per heavy atom. The summed E-state index contributed by atoms with van der Waals surface area (Å²) in [4.78, 5) is 0.812. The molecule has 0 radical (unpaired) electrons. The molecule has 0 amide bonds. The van der Waals surface area contributed by atoms with Gasteiger partial charge in [0.15, 0.2) is 0 Å². The van der Waals surface area contributed by atoms with Crippen molar-refractivity contribution in [3.05, 3.63) is 65.7 Å². The summed E-state index contributed by atoms with van der Waals surface area (Å²) < 4.78 is 14.9. The molecule has 1 N–H and O–H groups in total. The van der Waals surface area contributed by atoms with Gasteiger partial charge in [-0.2, -0.15) is 0 Å². The molecule has 0 heterocycles. The average molecular weight is 245 g/mol. The molecule has 0 aliphatic carbocycles. The minimum absolute atomic E-state index is 0.612. The third kappa shape index (κ3) is 3.51. The van der Waals surface area contributed by atoms with Crippen LogP contribution in [0.1, 0.15) is 11.1 Å². The fourth-order valence-electron chi connectivity index (χ4n) is 1.49. The van der Waals surface area contributed by atoms with Crippen LogP contribution in [0.3, 0.4) is 0 Å². The van der Waals surface area contributed by atoms with Crippen molar-refractivity contribution in [1.29, 1.82) is 0 Å². The lowest BCUT2D eigenvalue weighted by atomic mass is 10.2. The zero-order valence-electron chi connectivity index (χ0n) is 9.72. The molecule has 0 aliphatic heterocycles. The summed E-state index contributed by atoms with van der Waals surface area (Å²) in [5, 5.41) is 0. The predicted octanol–water partition coefficient (Wildman–Crippen LogP) is 2.81. The van der Waals surface area contributed by atoms with Gasteiger partial charge in [0.2, 0.25) is 0 Å². The third-order valence-corrected chi connectivity index (χ3v) is 3.59. The molecule has 3 heteroatoms. The van der Waals surface area contributed by atoms with Gasteiger partial charge in [0.25, 0.3) is 0 Å². The van der Waals surface area contributed by atoms with Gasteiger partial charge in [0.05, 0.1) is 4.90 Å². The number of benzene rings is 2. The monoisotopic (exact) mass is 245 g/mol. The van der Waals surface area contributed by atoms with Crippen molar-refractivity contribution >= 4 is 11.0 Å². The minimum atomic E-state index is -1.14. The first-order valence-electron chi connectivity index (χ1n) is 5.51. The van der Waals surface area contributed by atoms with Crippen LogP contribution in [0.4, 0.5) is 0 Å². The highest BCUT2D eigenvalue weighted by molar-refractivity contribution is 7.83. The number of nitrogens with one attached hydrogen (secondary N) is 1. The van der Waals surface area contributed by atoms with Gasteiger partial charge in [-0.15, -0.1) is 0 Å². The highest BCUT2D eigenvalue weighted by Crippen LogP contribution is 2.07. The molecule has 0 aromatic heterocycles. The van der Waals surface area contributed by atoms with E-state index in [1.54, 1.807) is 0 Å². The molecular formula is C14H15NOS. The molecule has 2 nitrogen and oxygen atoms in total. The summed E-state index contributed by atoms with van der Waals surface area (Å²) in [5.41, 5.74) is 2.31. The SMILES string of the molecule is Cc1ccc([S@](=O)NCc2ccccc2)cc1. The molecule has 0 saturated carbocycles. The van der Waals surface area contributed by atoms with E-state index in [2.05, 4.69) is 4.72 Å². The molecular weight excluding hydrogens is 230 g/mol. The summed E-state index contributed by atoms with van der Waals surface area (Å²) in [7, 11) is -1.14. The van der Waals surface area contributed by atoms with Crippen LogP contribution in [-0.4, -0.2) is 4.21 Å². The van der Waals surface area contributed by atoms with E-state index in [9.17, 15) is 4.21 Å². The van der Waals surface area contributed by atoms with Crippen molar-refractivity contribution in [3.63, 3.8) is 0 Å². The summed E-state index contributed by atoms with van der Waals surface area (Å²) >= 11 is 0. The summed E-state index contributed by atoms with van der Waals surface area (Å²) in [6.07, 6.45) is 0. The van der Waals surface area contributed by atoms with Crippen LogP contribution >= 0.6 is 0 Å². The smallest absolute Gasteiger partial charge is 0.125 e. The van der Waals surface area contributed by atoms with Gasteiger partial charge < -0.3 is 0 Å². The van der Waals surface area contributed by atoms with Crippen LogP contribution in [-0.2, 0) is 17.5 Å². The minimum Gasteiger partial charge on any atom is -0.237 e. The van der Waals surface area contributed by atoms with Crippen LogP contribution < -0.4 is 4.72 Å². The van der Waals surface area contributed by atoms with Gasteiger partial charge in [-0.05, 0) is 24.6 Å². The molecule has 0 bridgehead atoms. The Morgan fingerprint density at radius 2 is 1.65 bits per heavy atom. The number of aryl methyl sites for hydroxylation is 1. The molecule has 88 valence electrons. The second-order valence-corrected chi connectivity index (χ2v) is 5.19. The Morgan fingerprint density at radius 1 is 1.00 bits per heavy atom. The zero-order chi connectivity index (χ0) is 12.1. The number of hydrogen-bond donors (Lipinski definition) is 1. The molecule has 2 aromatic rings. The Bertz CT molecular complexity index is 493. The van der Waals surface area contributed by atoms with Gasteiger partial charge in [-0.25, -0.2) is 8.93 Å². The maximum Gasteiger partial charge on any atom is 0.125 e. The largest absolute Gasteiger partial charge is 0.237 e. The zero-order valence-corrected chi connectivity index (χ0v) is 10.5. The van der Waals surface area contributed by atoms with E-state index < -0.39 is 11.0 Å². The first-order valence-corrected chi connectivity index (χ1v) is 6.66. The summed E-state index contributed by atoms with van der Waals surface area (Å²) in [6, 6.07) is 17.7. The summed E-state index contributed by atoms with van der Waals surface area (Å²) in [6.45, 7) is 2.63. The van der Waals surface area contributed by atoms with E-state index in [-0.39, 0.29) is 0 Å². The maximum atomic E-state index is 11.9. The molecule has 0 unspecified atom stereocenters. The average Bonchev–Trinajstić information content (AvgIpc) is 2.38. The van der Waals surface area contributed by atoms with Crippen LogP contribution in [0, 0.1) is 6.92 Å². The predicted molar refractivity (Wildman–Crippen MR) is 70.9 cm³/mol. The van der Waals surface area contributed by atoms with Crippen LogP contribution in [0.15, 0.2) is 59.5 Å². The van der Waals surface area contributed by atoms with Crippen molar-refractivity contribution in [3.8, 4) is 0 Å². The van der Waals surface area contributed by atoms with E-state index in [1.165, 1.54) is 5.56 Å². The molecule has 0 spiro atoms. The Balaban J connectivity index is 1.96. The van der Waals surface area contributed by atoms with Gasteiger partial charge in [0.1, 0.15) is 11.0 Å². The molecule has 0 aliphatic rings. The molecule has 17 heavy (non-hydrogen) atoms. The van der Waals surface area contributed by atoms with Gasteiger partial charge >= 0.3 is 0 Å². The molecule has 0 fully saturated rings. The standard InChI is InChI=1S/C14H15NOS/c1-12-7-9-14(10-8-12)17(16)15-11-13-5-3-2-4-6-13/h2-10,15H,11H2,1H3/t17-/m0/s1. The van der Waals surface area contributed by atoms with Crippen LogP contribution in [0.25, 0.3) is 0 Å². The van der Waals surface area contributed by atoms with Gasteiger partial charge in [-0.3, -0.25) is 0 Å². The van der Waals surface area contributed by atoms with Crippen molar-refractivity contribution < 1.29 is 4.21 Å². The van der Waals surface area contributed by atoms with E-state index in [0.717, 1.165) is 10.5 Å². The van der Waals surface area contributed by atoms with Crippen LogP contribution in [0.2, 0.25) is 0 Å². The maximum absolute atomic E-state index is 11.9. The van der Waals surface area contributed by atoms with Crippen LogP contribution in [0.5, 0.6) is 0 Å². The molecule has 0 saturated heterocycles. The van der Waals surface area contributed by atoms with Crippen molar-refractivity contribution in [2.45, 2.75) is 18.4 Å². The van der Waals surface area contributed by atoms with E-state index in [0.29, 0.717) is 6.54 Å². The van der Waals surface area contributed by atoms with E-state index in [1.807, 2.05) is 61.5 Å². The number of rotatable bonds is 4. The topological polar surface area (TPSA) is 29.1 Å². The number of hydrogen-bond acceptors (Lipinski definition) is 1. The third-order valence-electron chi connectivity index (χ3n) is 2.49. The van der Waals surface area contributed by atoms with Gasteiger partial charge in [0, 0.05) is 6.54 Å². The van der Waals surface area contributed by atoms with E-state index in [4.69, 9.17) is 0 Å². The first kappa shape index (κ1) is 12.0. The van der Waals surface area contributed by atoms with Crippen molar-refractivity contribution in [2.24, 2.45) is 0 Å². The Labute approximate surface area is 104 Å². The highest BCUT2D eigenvalue weighted by atomic mass is 32.2. The fourth-order valence-corrected chi connectivity index (χ4v) is 2.34. The molecule has 2 rings (SSSR count). The first-order chi connectivity index (χ1) is 8.25. The normalized spacial score (nSPS) is 12.3. The lowest BCUT2D eigenvalue weighted by Gasteiger charge is -2.05. The Hall–Kier alpha value is -1.45. The molecule has 2 aromatic carbocycles. The lowest BCUT2D eigenvalue weighted by Crippen LogP contribution is -2.16. The second-order valence-electron chi connectivity index (χ2n) is 3.89. The summed E-state index contributed by atoms with van der Waals surface area (Å²) in [5.74, 6) is 0. The fraction of sp³-hybridized carbons (Fsp3) is 0.143. The second kappa shape index (κ2) is 5.75. The van der Waals surface area contributed by atoms with E-state index >= 15 is 0 Å². The van der Waals surface area contributed by atoms with Crippen molar-refractivity contribution in [1.82, 2.24) is 4.72 Å². The van der Waals surface area contributed by atoms with Crippen molar-refractivity contribution in [2.75, 3.05) is 0 Å². The van der Waals surface area contributed by atoms with Gasteiger partial charge in [-0.1, -0.05) is 48.0 Å². The quantitative estimate of drug-likeness (QED) is 0.881.